The van der Waals surface area contributed by atoms with Gasteiger partial charge in [0.25, 0.3) is 0 Å². The lowest BCUT2D eigenvalue weighted by atomic mass is 9.91. The van der Waals surface area contributed by atoms with E-state index in [1.54, 1.807) is 4.57 Å². The van der Waals surface area contributed by atoms with E-state index in [9.17, 15) is 19.1 Å². The maximum absolute atomic E-state index is 14.2. The van der Waals surface area contributed by atoms with Crippen LogP contribution in [0, 0.1) is 12.7 Å². The van der Waals surface area contributed by atoms with E-state index >= 15 is 0 Å². The third kappa shape index (κ3) is 4.62. The Kier molecular flexibility index (Phi) is 6.75. The molecule has 2 atom stereocenters. The number of aryl methyl sites for hydroxylation is 2. The summed E-state index contributed by atoms with van der Waals surface area (Å²) in [5.74, 6) is -1.42. The number of hydrogen-bond donors (Lipinski definition) is 2. The van der Waals surface area contributed by atoms with Gasteiger partial charge in [0.05, 0.1) is 10.5 Å². The van der Waals surface area contributed by atoms with Crippen LogP contribution in [-0.4, -0.2) is 27.6 Å². The van der Waals surface area contributed by atoms with Crippen LogP contribution in [0.25, 0.3) is 10.9 Å². The van der Waals surface area contributed by atoms with Crippen molar-refractivity contribution >= 4 is 34.4 Å². The molecule has 1 aliphatic rings. The first-order valence-corrected chi connectivity index (χ1v) is 11.7. The van der Waals surface area contributed by atoms with Crippen LogP contribution in [0.15, 0.2) is 36.4 Å². The quantitative estimate of drug-likeness (QED) is 0.486. The molecule has 5 nitrogen and oxygen atoms in total. The second kappa shape index (κ2) is 9.56. The normalized spacial score (nSPS) is 16.4. The van der Waals surface area contributed by atoms with Crippen molar-refractivity contribution in [2.75, 3.05) is 0 Å². The van der Waals surface area contributed by atoms with Gasteiger partial charge < -0.3 is 15.0 Å². The zero-order valence-electron chi connectivity index (χ0n) is 18.8. The molecule has 174 valence electrons. The molecule has 0 bridgehead atoms. The molecule has 0 fully saturated rings. The molecular formula is C26H28ClFN2O3. The van der Waals surface area contributed by atoms with Gasteiger partial charge in [0.1, 0.15) is 11.9 Å². The summed E-state index contributed by atoms with van der Waals surface area (Å²) in [4.78, 5) is 24.6. The van der Waals surface area contributed by atoms with Crippen LogP contribution in [0.2, 0.25) is 5.02 Å². The molecule has 1 amide bonds. The van der Waals surface area contributed by atoms with E-state index in [4.69, 9.17) is 11.6 Å². The highest BCUT2D eigenvalue weighted by molar-refractivity contribution is 6.35. The molecule has 7 heteroatoms. The summed E-state index contributed by atoms with van der Waals surface area (Å²) in [6.45, 7) is 3.85. The number of carbonyl (C=O) groups is 2. The molecular weight excluding hydrogens is 443 g/mol. The van der Waals surface area contributed by atoms with Crippen molar-refractivity contribution in [1.82, 2.24) is 9.88 Å². The highest BCUT2D eigenvalue weighted by Crippen LogP contribution is 2.39. The van der Waals surface area contributed by atoms with E-state index in [0.29, 0.717) is 49.4 Å². The second-order valence-electron chi connectivity index (χ2n) is 8.78. The molecule has 0 saturated carbocycles. The zero-order valence-corrected chi connectivity index (χ0v) is 19.6. The van der Waals surface area contributed by atoms with E-state index in [2.05, 4.69) is 5.32 Å². The molecule has 0 saturated heterocycles. The fourth-order valence-corrected chi connectivity index (χ4v) is 5.31. The Bertz CT molecular complexity index is 1220. The third-order valence-electron chi connectivity index (χ3n) is 6.64. The maximum Gasteiger partial charge on any atom is 0.326 e. The molecule has 0 radical (unpaired) electrons. The minimum absolute atomic E-state index is 0.0170. The number of amides is 1. The Balaban J connectivity index is 1.59. The fourth-order valence-electron chi connectivity index (χ4n) is 5.01. The maximum atomic E-state index is 14.2. The Morgan fingerprint density at radius 1 is 1.30 bits per heavy atom. The number of nitrogens with zero attached hydrogens (tertiary/aromatic N) is 1. The van der Waals surface area contributed by atoms with Crippen molar-refractivity contribution in [2.24, 2.45) is 0 Å². The third-order valence-corrected chi connectivity index (χ3v) is 6.93. The summed E-state index contributed by atoms with van der Waals surface area (Å²) < 4.78 is 16.0. The average Bonchev–Trinajstić information content (AvgIpc) is 3.07. The van der Waals surface area contributed by atoms with Gasteiger partial charge in [-0.25, -0.2) is 9.18 Å². The Labute approximate surface area is 197 Å². The van der Waals surface area contributed by atoms with Crippen LogP contribution in [0.1, 0.15) is 54.6 Å². The molecule has 3 aromatic rings. The number of hydrogen-bond acceptors (Lipinski definition) is 2. The highest BCUT2D eigenvalue weighted by Gasteiger charge is 2.32. The Morgan fingerprint density at radius 2 is 2.06 bits per heavy atom. The fraction of sp³-hybridized carbons (Fsp3) is 0.385. The minimum atomic E-state index is -0.941. The molecule has 1 unspecified atom stereocenters. The largest absolute Gasteiger partial charge is 0.480 e. The number of aromatic nitrogens is 1. The summed E-state index contributed by atoms with van der Waals surface area (Å²) in [6, 6.07) is 9.82. The van der Waals surface area contributed by atoms with Crippen LogP contribution < -0.4 is 5.32 Å². The van der Waals surface area contributed by atoms with Gasteiger partial charge in [-0.1, -0.05) is 42.8 Å². The summed E-state index contributed by atoms with van der Waals surface area (Å²) in [5.41, 5.74) is 4.64. The molecule has 2 N–H and O–H groups in total. The van der Waals surface area contributed by atoms with Gasteiger partial charge in [0.2, 0.25) is 5.91 Å². The van der Waals surface area contributed by atoms with Crippen LogP contribution >= 0.6 is 11.6 Å². The highest BCUT2D eigenvalue weighted by atomic mass is 35.5. The Morgan fingerprint density at radius 3 is 2.76 bits per heavy atom. The lowest BCUT2D eigenvalue weighted by Gasteiger charge is -2.26. The molecule has 4 rings (SSSR count). The van der Waals surface area contributed by atoms with E-state index in [1.165, 1.54) is 17.7 Å². The van der Waals surface area contributed by atoms with Crippen LogP contribution in [0.4, 0.5) is 4.39 Å². The molecule has 2 aromatic carbocycles. The van der Waals surface area contributed by atoms with Gasteiger partial charge in [-0.2, -0.15) is 0 Å². The van der Waals surface area contributed by atoms with Crippen molar-refractivity contribution < 1.29 is 19.1 Å². The van der Waals surface area contributed by atoms with Crippen molar-refractivity contribution in [3.05, 3.63) is 69.6 Å². The monoisotopic (exact) mass is 470 g/mol. The number of carboxylic acid groups (broad SMARTS) is 1. The number of carbonyl (C=O) groups excluding carboxylic acids is 1. The lowest BCUT2D eigenvalue weighted by Crippen LogP contribution is -2.39. The number of benzene rings is 2. The van der Waals surface area contributed by atoms with E-state index < -0.39 is 17.8 Å². The molecule has 33 heavy (non-hydrogen) atoms. The first kappa shape index (κ1) is 23.3. The van der Waals surface area contributed by atoms with Gasteiger partial charge in [0.15, 0.2) is 0 Å². The van der Waals surface area contributed by atoms with Crippen molar-refractivity contribution in [1.29, 1.82) is 0 Å². The van der Waals surface area contributed by atoms with E-state index in [0.717, 1.165) is 16.8 Å². The van der Waals surface area contributed by atoms with Gasteiger partial charge in [-0.05, 0) is 67.9 Å². The number of carboxylic acids is 1. The zero-order chi connectivity index (χ0) is 23.7. The predicted octanol–water partition coefficient (Wildman–Crippen LogP) is 5.38. The number of aliphatic carboxylic acids is 1. The summed E-state index contributed by atoms with van der Waals surface area (Å²) >= 11 is 6.40. The summed E-state index contributed by atoms with van der Waals surface area (Å²) in [5, 5.41) is 13.8. The molecule has 0 spiro atoms. The van der Waals surface area contributed by atoms with Crippen molar-refractivity contribution in [3.63, 3.8) is 0 Å². The Hall–Kier alpha value is -2.86. The first-order chi connectivity index (χ1) is 15.8. The number of nitrogens with one attached hydrogen (secondary N) is 1. The van der Waals surface area contributed by atoms with Crippen LogP contribution in [-0.2, 0) is 28.9 Å². The van der Waals surface area contributed by atoms with E-state index in [1.807, 2.05) is 38.1 Å². The standard InChI is InChI=1S/C26H28ClFN2O3/c1-3-22(26(32)33)30-23-10-9-18(14-19(23)20-12-17(28)13-21(27)25(20)30)29-24(31)11-8-16-7-5-4-6-15(16)2/h4-7,12-13,18,22H,3,8-11,14H2,1-2H3,(H,29,31)(H,32,33)/t18-,22?/m0/s1. The van der Waals surface area contributed by atoms with Crippen molar-refractivity contribution in [2.45, 2.75) is 64.5 Å². The topological polar surface area (TPSA) is 71.3 Å². The number of halogens is 2. The molecule has 1 heterocycles. The van der Waals surface area contributed by atoms with Gasteiger partial charge >= 0.3 is 5.97 Å². The summed E-state index contributed by atoms with van der Waals surface area (Å²) in [7, 11) is 0. The summed E-state index contributed by atoms with van der Waals surface area (Å²) in [6.07, 6.45) is 3.26. The van der Waals surface area contributed by atoms with Crippen LogP contribution in [0.3, 0.4) is 0 Å². The van der Waals surface area contributed by atoms with Gasteiger partial charge in [-0.15, -0.1) is 0 Å². The first-order valence-electron chi connectivity index (χ1n) is 11.4. The molecule has 0 aliphatic heterocycles. The molecule has 1 aromatic heterocycles. The van der Waals surface area contributed by atoms with Gasteiger partial charge in [-0.3, -0.25) is 4.79 Å². The molecule has 1 aliphatic carbocycles. The van der Waals surface area contributed by atoms with E-state index in [-0.39, 0.29) is 17.0 Å². The lowest BCUT2D eigenvalue weighted by molar-refractivity contribution is -0.141. The number of fused-ring (bicyclic) bond motifs is 3. The van der Waals surface area contributed by atoms with Gasteiger partial charge in [0, 0.05) is 23.5 Å². The van der Waals surface area contributed by atoms with Crippen LogP contribution in [0.5, 0.6) is 0 Å². The SMILES string of the molecule is CCC(C(=O)O)n1c2c(c3cc(F)cc(Cl)c31)C[C@@H](NC(=O)CCc1ccccc1C)CC2. The van der Waals surface area contributed by atoms with Crippen molar-refractivity contribution in [3.8, 4) is 0 Å². The number of rotatable bonds is 7. The minimum Gasteiger partial charge on any atom is -0.480 e. The smallest absolute Gasteiger partial charge is 0.326 e. The predicted molar refractivity (Wildman–Crippen MR) is 127 cm³/mol. The second-order valence-corrected chi connectivity index (χ2v) is 9.18. The average molecular weight is 471 g/mol.